The first-order chi connectivity index (χ1) is 9.00. The summed E-state index contributed by atoms with van der Waals surface area (Å²) in [5.41, 5.74) is -0.0350. The number of nitro groups is 1. The number of rotatable bonds is 8. The molecular weight excluding hydrogens is 269 g/mol. The standard InChI is InChI=1S/C12H18NO5P/c1-3-5-10-19(16,17-4-2)18-12-8-6-11(7-9-12)13(14)15/h6-9H,3-5,10H2,1-2H3/t19-/m1/s1. The monoisotopic (exact) mass is 287 g/mol. The maximum atomic E-state index is 12.4. The number of nitrogens with zero attached hydrogens (tertiary/aromatic N) is 1. The lowest BCUT2D eigenvalue weighted by atomic mass is 10.3. The van der Waals surface area contributed by atoms with Crippen LogP contribution in [0.15, 0.2) is 24.3 Å². The summed E-state index contributed by atoms with van der Waals surface area (Å²) in [6, 6.07) is 5.47. The van der Waals surface area contributed by atoms with Crippen LogP contribution in [0.5, 0.6) is 5.75 Å². The van der Waals surface area contributed by atoms with Crippen molar-refractivity contribution in [2.45, 2.75) is 26.7 Å². The first-order valence-electron chi connectivity index (χ1n) is 6.18. The van der Waals surface area contributed by atoms with Crippen molar-refractivity contribution < 1.29 is 18.5 Å². The summed E-state index contributed by atoms with van der Waals surface area (Å²) in [5, 5.41) is 10.5. The van der Waals surface area contributed by atoms with Crippen LogP contribution in [0.25, 0.3) is 0 Å². The fraction of sp³-hybridized carbons (Fsp3) is 0.500. The fourth-order valence-corrected chi connectivity index (χ4v) is 3.29. The van der Waals surface area contributed by atoms with Crippen LogP contribution < -0.4 is 4.52 Å². The van der Waals surface area contributed by atoms with E-state index in [1.165, 1.54) is 24.3 Å². The van der Waals surface area contributed by atoms with Crippen molar-refractivity contribution in [1.29, 1.82) is 0 Å². The van der Waals surface area contributed by atoms with Crippen LogP contribution in [0, 0.1) is 10.1 Å². The molecule has 0 amide bonds. The average molecular weight is 287 g/mol. The lowest BCUT2D eigenvalue weighted by Gasteiger charge is -2.18. The molecule has 106 valence electrons. The molecule has 0 saturated carbocycles. The van der Waals surface area contributed by atoms with Gasteiger partial charge in [0.05, 0.1) is 17.7 Å². The lowest BCUT2D eigenvalue weighted by molar-refractivity contribution is -0.384. The number of unbranched alkanes of at least 4 members (excludes halogenated alkanes) is 1. The minimum absolute atomic E-state index is 0.0350. The molecule has 1 aromatic carbocycles. The normalized spacial score (nSPS) is 13.8. The highest BCUT2D eigenvalue weighted by molar-refractivity contribution is 7.54. The Labute approximate surface area is 112 Å². The molecule has 1 rings (SSSR count). The van der Waals surface area contributed by atoms with Gasteiger partial charge < -0.3 is 9.05 Å². The first-order valence-corrected chi connectivity index (χ1v) is 7.91. The molecule has 0 radical (unpaired) electrons. The van der Waals surface area contributed by atoms with Gasteiger partial charge in [0.2, 0.25) is 0 Å². The number of hydrogen-bond donors (Lipinski definition) is 0. The zero-order valence-corrected chi connectivity index (χ0v) is 12.0. The van der Waals surface area contributed by atoms with Gasteiger partial charge in [0, 0.05) is 12.1 Å². The highest BCUT2D eigenvalue weighted by Gasteiger charge is 2.25. The fourth-order valence-electron chi connectivity index (χ4n) is 1.47. The summed E-state index contributed by atoms with van der Waals surface area (Å²) >= 11 is 0. The zero-order valence-electron chi connectivity index (χ0n) is 11.1. The second-order valence-electron chi connectivity index (χ2n) is 3.95. The predicted octanol–water partition coefficient (Wildman–Crippen LogP) is 4.00. The molecule has 1 aromatic rings. The minimum Gasteiger partial charge on any atom is -0.424 e. The Balaban J connectivity index is 2.78. The Morgan fingerprint density at radius 2 is 1.89 bits per heavy atom. The van der Waals surface area contributed by atoms with Crippen molar-refractivity contribution >= 4 is 13.3 Å². The number of benzene rings is 1. The van der Waals surface area contributed by atoms with Crippen LogP contribution >= 0.6 is 7.60 Å². The molecule has 0 saturated heterocycles. The van der Waals surface area contributed by atoms with Crippen molar-refractivity contribution in [1.82, 2.24) is 0 Å². The maximum absolute atomic E-state index is 12.4. The topological polar surface area (TPSA) is 78.7 Å². The van der Waals surface area contributed by atoms with Gasteiger partial charge in [-0.1, -0.05) is 13.3 Å². The van der Waals surface area contributed by atoms with E-state index < -0.39 is 12.5 Å². The minimum atomic E-state index is -3.17. The van der Waals surface area contributed by atoms with Gasteiger partial charge in [-0.05, 0) is 25.5 Å². The van der Waals surface area contributed by atoms with Gasteiger partial charge in [0.1, 0.15) is 5.75 Å². The van der Waals surface area contributed by atoms with E-state index in [2.05, 4.69) is 0 Å². The zero-order chi connectivity index (χ0) is 14.3. The van der Waals surface area contributed by atoms with E-state index in [-0.39, 0.29) is 5.69 Å². The van der Waals surface area contributed by atoms with E-state index in [1.807, 2.05) is 6.92 Å². The Morgan fingerprint density at radius 1 is 1.26 bits per heavy atom. The molecule has 0 heterocycles. The van der Waals surface area contributed by atoms with Crippen molar-refractivity contribution in [2.24, 2.45) is 0 Å². The van der Waals surface area contributed by atoms with E-state index in [0.29, 0.717) is 18.5 Å². The van der Waals surface area contributed by atoms with Crippen molar-refractivity contribution in [3.8, 4) is 5.75 Å². The summed E-state index contributed by atoms with van der Waals surface area (Å²) < 4.78 is 23.0. The van der Waals surface area contributed by atoms with Crippen LogP contribution in [0.3, 0.4) is 0 Å². The molecule has 0 aliphatic rings. The molecule has 0 aliphatic heterocycles. The van der Waals surface area contributed by atoms with E-state index in [4.69, 9.17) is 9.05 Å². The molecule has 7 heteroatoms. The number of non-ortho nitro benzene ring substituents is 1. The largest absolute Gasteiger partial charge is 0.424 e. The van der Waals surface area contributed by atoms with E-state index in [0.717, 1.165) is 12.8 Å². The van der Waals surface area contributed by atoms with Crippen molar-refractivity contribution in [3.05, 3.63) is 34.4 Å². The quantitative estimate of drug-likeness (QED) is 0.410. The highest BCUT2D eigenvalue weighted by atomic mass is 31.2. The van der Waals surface area contributed by atoms with Gasteiger partial charge in [-0.25, -0.2) is 4.57 Å². The summed E-state index contributed by atoms with van der Waals surface area (Å²) in [7, 11) is -3.17. The van der Waals surface area contributed by atoms with Gasteiger partial charge in [-0.15, -0.1) is 0 Å². The summed E-state index contributed by atoms with van der Waals surface area (Å²) in [6.45, 7) is 4.04. The molecule has 0 unspecified atom stereocenters. The van der Waals surface area contributed by atoms with E-state index in [9.17, 15) is 14.7 Å². The third-order valence-electron chi connectivity index (χ3n) is 2.40. The molecule has 0 aliphatic carbocycles. The van der Waals surface area contributed by atoms with Crippen LogP contribution in [-0.4, -0.2) is 17.7 Å². The lowest BCUT2D eigenvalue weighted by Crippen LogP contribution is -2.02. The van der Waals surface area contributed by atoms with E-state index in [1.54, 1.807) is 6.92 Å². The van der Waals surface area contributed by atoms with Gasteiger partial charge in [0.25, 0.3) is 5.69 Å². The third-order valence-corrected chi connectivity index (χ3v) is 4.41. The molecule has 6 nitrogen and oxygen atoms in total. The third kappa shape index (κ3) is 5.01. The molecule has 1 atom stereocenters. The summed E-state index contributed by atoms with van der Waals surface area (Å²) in [6.07, 6.45) is 1.97. The molecule has 0 fully saturated rings. The van der Waals surface area contributed by atoms with Crippen molar-refractivity contribution in [3.63, 3.8) is 0 Å². The molecule has 19 heavy (non-hydrogen) atoms. The van der Waals surface area contributed by atoms with Crippen LogP contribution in [-0.2, 0) is 9.09 Å². The Bertz CT molecular complexity index is 460. The Morgan fingerprint density at radius 3 is 2.37 bits per heavy atom. The predicted molar refractivity (Wildman–Crippen MR) is 72.7 cm³/mol. The summed E-state index contributed by atoms with van der Waals surface area (Å²) in [5.74, 6) is 0.318. The van der Waals surface area contributed by atoms with Gasteiger partial charge >= 0.3 is 7.60 Å². The van der Waals surface area contributed by atoms with Gasteiger partial charge in [-0.3, -0.25) is 10.1 Å². The molecule has 0 N–H and O–H groups in total. The first kappa shape index (κ1) is 15.7. The highest BCUT2D eigenvalue weighted by Crippen LogP contribution is 2.49. The van der Waals surface area contributed by atoms with Gasteiger partial charge in [0.15, 0.2) is 0 Å². The molecule has 0 spiro atoms. The van der Waals surface area contributed by atoms with Crippen LogP contribution in [0.1, 0.15) is 26.7 Å². The number of hydrogen-bond acceptors (Lipinski definition) is 5. The maximum Gasteiger partial charge on any atom is 0.379 e. The molecule has 0 bridgehead atoms. The second-order valence-corrected chi connectivity index (χ2v) is 6.06. The van der Waals surface area contributed by atoms with Gasteiger partial charge in [-0.2, -0.15) is 0 Å². The van der Waals surface area contributed by atoms with Crippen LogP contribution in [0.4, 0.5) is 5.69 Å². The SMILES string of the molecule is CCCC[P@@](=O)(OCC)Oc1ccc([N+](=O)[O-])cc1. The Kier molecular flexibility index (Phi) is 5.99. The van der Waals surface area contributed by atoms with E-state index >= 15 is 0 Å². The second kappa shape index (κ2) is 7.26. The van der Waals surface area contributed by atoms with Crippen molar-refractivity contribution in [2.75, 3.05) is 12.8 Å². The Hall–Kier alpha value is -1.39. The molecule has 0 aromatic heterocycles. The van der Waals surface area contributed by atoms with Crippen LogP contribution in [0.2, 0.25) is 0 Å². The summed E-state index contributed by atoms with van der Waals surface area (Å²) in [4.78, 5) is 10.0. The molecular formula is C12H18NO5P. The average Bonchev–Trinajstić information content (AvgIpc) is 2.37. The number of nitro benzene ring substituents is 1. The smallest absolute Gasteiger partial charge is 0.379 e.